The fourth-order valence-corrected chi connectivity index (χ4v) is 3.55. The summed E-state index contributed by atoms with van der Waals surface area (Å²) in [7, 11) is -3.93. The Morgan fingerprint density at radius 1 is 1.50 bits per heavy atom. The molecule has 1 rings (SSSR count). The summed E-state index contributed by atoms with van der Waals surface area (Å²) in [5, 5.41) is 9.15. The number of nitrogens with two attached hydrogens (primary N) is 1. The summed E-state index contributed by atoms with van der Waals surface area (Å²) in [6.07, 6.45) is 1.45. The van der Waals surface area contributed by atoms with Crippen LogP contribution in [0.4, 0.5) is 5.69 Å². The molecule has 6 nitrogen and oxygen atoms in total. The van der Waals surface area contributed by atoms with Crippen LogP contribution in [0.1, 0.15) is 24.2 Å². The van der Waals surface area contributed by atoms with E-state index in [2.05, 4.69) is 6.58 Å². The molecule has 0 aliphatic heterocycles. The second-order valence-corrected chi connectivity index (χ2v) is 6.38. The van der Waals surface area contributed by atoms with Gasteiger partial charge in [0.15, 0.2) is 0 Å². The second-order valence-electron chi connectivity index (χ2n) is 4.52. The SMILES string of the molecule is C=CCN(C(C)C)S(=O)(=O)c1ccc(N)cc1C(=O)O. The van der Waals surface area contributed by atoms with Gasteiger partial charge in [-0.05, 0) is 32.0 Å². The molecule has 0 aliphatic carbocycles. The molecule has 0 atom stereocenters. The van der Waals surface area contributed by atoms with Crippen LogP contribution in [0.3, 0.4) is 0 Å². The van der Waals surface area contributed by atoms with E-state index in [4.69, 9.17) is 10.8 Å². The van der Waals surface area contributed by atoms with Gasteiger partial charge in [-0.15, -0.1) is 6.58 Å². The largest absolute Gasteiger partial charge is 0.478 e. The van der Waals surface area contributed by atoms with Crippen LogP contribution in [0.25, 0.3) is 0 Å². The van der Waals surface area contributed by atoms with E-state index in [9.17, 15) is 13.2 Å². The lowest BCUT2D eigenvalue weighted by Gasteiger charge is -2.25. The molecule has 0 fully saturated rings. The van der Waals surface area contributed by atoms with Crippen LogP contribution in [-0.4, -0.2) is 36.4 Å². The number of nitrogen functional groups attached to an aromatic ring is 1. The van der Waals surface area contributed by atoms with Gasteiger partial charge in [-0.3, -0.25) is 0 Å². The average molecular weight is 298 g/mol. The van der Waals surface area contributed by atoms with Crippen molar-refractivity contribution in [3.05, 3.63) is 36.4 Å². The van der Waals surface area contributed by atoms with Crippen molar-refractivity contribution in [2.45, 2.75) is 24.8 Å². The highest BCUT2D eigenvalue weighted by atomic mass is 32.2. The average Bonchev–Trinajstić information content (AvgIpc) is 2.34. The summed E-state index contributed by atoms with van der Waals surface area (Å²) in [5.74, 6) is -1.34. The van der Waals surface area contributed by atoms with Gasteiger partial charge in [0.1, 0.15) is 0 Å². The van der Waals surface area contributed by atoms with E-state index < -0.39 is 16.0 Å². The van der Waals surface area contributed by atoms with E-state index in [1.165, 1.54) is 22.5 Å². The Morgan fingerprint density at radius 2 is 2.10 bits per heavy atom. The minimum Gasteiger partial charge on any atom is -0.478 e. The van der Waals surface area contributed by atoms with E-state index in [0.717, 1.165) is 6.07 Å². The van der Waals surface area contributed by atoms with Crippen molar-refractivity contribution in [3.63, 3.8) is 0 Å². The van der Waals surface area contributed by atoms with Gasteiger partial charge in [-0.1, -0.05) is 6.08 Å². The first kappa shape index (κ1) is 16.2. The van der Waals surface area contributed by atoms with E-state index in [1.807, 2.05) is 0 Å². The van der Waals surface area contributed by atoms with Gasteiger partial charge >= 0.3 is 5.97 Å². The smallest absolute Gasteiger partial charge is 0.337 e. The first-order valence-corrected chi connectivity index (χ1v) is 7.41. The van der Waals surface area contributed by atoms with Crippen molar-refractivity contribution < 1.29 is 18.3 Å². The minimum absolute atomic E-state index is 0.101. The Labute approximate surface area is 118 Å². The molecule has 0 bridgehead atoms. The zero-order valence-corrected chi connectivity index (χ0v) is 12.2. The number of benzene rings is 1. The van der Waals surface area contributed by atoms with Gasteiger partial charge in [0.25, 0.3) is 0 Å². The number of sulfonamides is 1. The van der Waals surface area contributed by atoms with E-state index in [1.54, 1.807) is 13.8 Å². The Hall–Kier alpha value is -1.86. The van der Waals surface area contributed by atoms with Crippen molar-refractivity contribution in [2.24, 2.45) is 0 Å². The zero-order chi connectivity index (χ0) is 15.5. The van der Waals surface area contributed by atoms with E-state index >= 15 is 0 Å². The van der Waals surface area contributed by atoms with Crippen molar-refractivity contribution in [1.82, 2.24) is 4.31 Å². The number of hydrogen-bond donors (Lipinski definition) is 2. The molecule has 0 spiro atoms. The van der Waals surface area contributed by atoms with E-state index in [0.29, 0.717) is 0 Å². The Morgan fingerprint density at radius 3 is 2.55 bits per heavy atom. The summed E-state index contributed by atoms with van der Waals surface area (Å²) < 4.78 is 26.3. The molecule has 1 aromatic carbocycles. The molecule has 1 aromatic rings. The predicted octanol–water partition coefficient (Wildman–Crippen LogP) is 1.55. The molecule has 0 aromatic heterocycles. The monoisotopic (exact) mass is 298 g/mol. The number of carbonyl (C=O) groups is 1. The maximum atomic E-state index is 12.6. The molecule has 0 aliphatic rings. The van der Waals surface area contributed by atoms with E-state index in [-0.39, 0.29) is 28.7 Å². The van der Waals surface area contributed by atoms with Gasteiger partial charge in [0.2, 0.25) is 10.0 Å². The topological polar surface area (TPSA) is 101 Å². The number of hydrogen-bond acceptors (Lipinski definition) is 4. The summed E-state index contributed by atoms with van der Waals surface area (Å²) in [4.78, 5) is 10.9. The standard InChI is InChI=1S/C13H18N2O4S/c1-4-7-15(9(2)3)20(18,19)12-6-5-10(14)8-11(12)13(16)17/h4-6,8-9H,1,7,14H2,2-3H3,(H,16,17). The van der Waals surface area contributed by atoms with Gasteiger partial charge < -0.3 is 10.8 Å². The summed E-state index contributed by atoms with van der Waals surface area (Å²) >= 11 is 0. The molecule has 0 amide bonds. The number of carboxylic acids is 1. The molecular weight excluding hydrogens is 280 g/mol. The van der Waals surface area contributed by atoms with Crippen LogP contribution in [0, 0.1) is 0 Å². The number of carboxylic acid groups (broad SMARTS) is 1. The maximum Gasteiger partial charge on any atom is 0.337 e. The lowest BCUT2D eigenvalue weighted by atomic mass is 10.2. The van der Waals surface area contributed by atoms with Crippen LogP contribution in [0.5, 0.6) is 0 Å². The minimum atomic E-state index is -3.93. The van der Waals surface area contributed by atoms with Crippen LogP contribution in [-0.2, 0) is 10.0 Å². The Bertz CT molecular complexity index is 623. The van der Waals surface area contributed by atoms with Crippen molar-refractivity contribution in [2.75, 3.05) is 12.3 Å². The molecule has 0 heterocycles. The van der Waals surface area contributed by atoms with Crippen LogP contribution >= 0.6 is 0 Å². The molecule has 0 saturated heterocycles. The van der Waals surface area contributed by atoms with Gasteiger partial charge in [-0.2, -0.15) is 4.31 Å². The molecule has 7 heteroatoms. The quantitative estimate of drug-likeness (QED) is 0.613. The molecule has 110 valence electrons. The van der Waals surface area contributed by atoms with Crippen LogP contribution in [0.2, 0.25) is 0 Å². The second kappa shape index (κ2) is 6.06. The third-order valence-corrected chi connectivity index (χ3v) is 4.81. The molecular formula is C13H18N2O4S. The highest BCUT2D eigenvalue weighted by Crippen LogP contribution is 2.24. The first-order chi connectivity index (χ1) is 9.21. The van der Waals surface area contributed by atoms with Gasteiger partial charge in [-0.25, -0.2) is 13.2 Å². The first-order valence-electron chi connectivity index (χ1n) is 5.97. The lowest BCUT2D eigenvalue weighted by molar-refractivity contribution is 0.0692. The molecule has 0 unspecified atom stereocenters. The lowest BCUT2D eigenvalue weighted by Crippen LogP contribution is -2.37. The predicted molar refractivity (Wildman–Crippen MR) is 77.0 cm³/mol. The number of anilines is 1. The van der Waals surface area contributed by atoms with Gasteiger partial charge in [0.05, 0.1) is 10.5 Å². The molecule has 0 radical (unpaired) electrons. The molecule has 3 N–H and O–H groups in total. The van der Waals surface area contributed by atoms with Crippen molar-refractivity contribution in [1.29, 1.82) is 0 Å². The van der Waals surface area contributed by atoms with Crippen molar-refractivity contribution in [3.8, 4) is 0 Å². The highest BCUT2D eigenvalue weighted by molar-refractivity contribution is 7.89. The van der Waals surface area contributed by atoms with Gasteiger partial charge in [0, 0.05) is 18.3 Å². The zero-order valence-electron chi connectivity index (χ0n) is 11.4. The third-order valence-electron chi connectivity index (χ3n) is 2.71. The van der Waals surface area contributed by atoms with Crippen molar-refractivity contribution >= 4 is 21.7 Å². The fourth-order valence-electron chi connectivity index (χ4n) is 1.78. The Balaban J connectivity index is 3.48. The highest BCUT2D eigenvalue weighted by Gasteiger charge is 2.30. The Kier molecular flexibility index (Phi) is 4.91. The van der Waals surface area contributed by atoms with Crippen LogP contribution in [0.15, 0.2) is 35.7 Å². The fraction of sp³-hybridized carbons (Fsp3) is 0.308. The van der Waals surface area contributed by atoms with Crippen LogP contribution < -0.4 is 5.73 Å². The number of rotatable bonds is 6. The summed E-state index contributed by atoms with van der Waals surface area (Å²) in [6, 6.07) is 3.40. The molecule has 0 saturated carbocycles. The molecule has 20 heavy (non-hydrogen) atoms. The number of aromatic carboxylic acids is 1. The number of nitrogens with zero attached hydrogens (tertiary/aromatic N) is 1. The summed E-state index contributed by atoms with van der Waals surface area (Å²) in [6.45, 7) is 7.03. The third kappa shape index (κ3) is 3.17. The maximum absolute atomic E-state index is 12.6. The normalized spacial score (nSPS) is 11.8. The summed E-state index contributed by atoms with van der Waals surface area (Å²) in [5.41, 5.74) is 5.38.